The zero-order valence-electron chi connectivity index (χ0n) is 16.9. The monoisotopic (exact) mass is 427 g/mol. The number of hydrogen-bond acceptors (Lipinski definition) is 5. The van der Waals surface area contributed by atoms with Gasteiger partial charge in [0.1, 0.15) is 5.52 Å². The third kappa shape index (κ3) is 4.39. The van der Waals surface area contributed by atoms with E-state index in [1.807, 2.05) is 48.3 Å². The smallest absolute Gasteiger partial charge is 0.368 e. The van der Waals surface area contributed by atoms with Gasteiger partial charge >= 0.3 is 6.18 Å². The number of fused-ring (bicyclic) bond motifs is 1. The third-order valence-electron chi connectivity index (χ3n) is 5.07. The van der Waals surface area contributed by atoms with Gasteiger partial charge in [-0.3, -0.25) is 0 Å². The second-order valence-electron chi connectivity index (χ2n) is 7.25. The van der Waals surface area contributed by atoms with Gasteiger partial charge < -0.3 is 9.64 Å². The molecule has 1 unspecified atom stereocenters. The van der Waals surface area contributed by atoms with Crippen LogP contribution in [0.4, 0.5) is 18.9 Å². The number of methoxy groups -OCH3 is 1. The van der Waals surface area contributed by atoms with E-state index in [1.54, 1.807) is 18.2 Å². The van der Waals surface area contributed by atoms with E-state index in [2.05, 4.69) is 10.3 Å². The lowest BCUT2D eigenvalue weighted by molar-refractivity contribution is -0.215. The maximum absolute atomic E-state index is 13.3. The second-order valence-corrected chi connectivity index (χ2v) is 7.25. The van der Waals surface area contributed by atoms with Crippen LogP contribution in [0.2, 0.25) is 0 Å². The van der Waals surface area contributed by atoms with Crippen molar-refractivity contribution in [1.29, 1.82) is 0 Å². The summed E-state index contributed by atoms with van der Waals surface area (Å²) >= 11 is 0. The molecule has 0 amide bonds. The van der Waals surface area contributed by atoms with E-state index in [-0.39, 0.29) is 5.56 Å². The first-order valence-electron chi connectivity index (χ1n) is 9.58. The van der Waals surface area contributed by atoms with Gasteiger partial charge in [0.2, 0.25) is 0 Å². The minimum absolute atomic E-state index is 0.0325. The molecule has 0 saturated heterocycles. The Balaban J connectivity index is 1.75. The topological polar surface area (TPSA) is 51.4 Å². The molecule has 160 valence electrons. The molecule has 31 heavy (non-hydrogen) atoms. The lowest BCUT2D eigenvalue weighted by Gasteiger charge is -2.21. The van der Waals surface area contributed by atoms with Crippen molar-refractivity contribution < 1.29 is 22.5 Å². The molecule has 1 heterocycles. The lowest BCUT2D eigenvalue weighted by Crippen LogP contribution is -2.22. The number of alkyl halides is 3. The highest BCUT2D eigenvalue weighted by molar-refractivity contribution is 5.92. The van der Waals surface area contributed by atoms with Gasteiger partial charge in [-0.05, 0) is 50.8 Å². The maximum atomic E-state index is 13.3. The fourth-order valence-corrected chi connectivity index (χ4v) is 3.61. The first-order chi connectivity index (χ1) is 14.9. The van der Waals surface area contributed by atoms with Gasteiger partial charge in [-0.1, -0.05) is 48.5 Å². The fourth-order valence-electron chi connectivity index (χ4n) is 3.61. The van der Waals surface area contributed by atoms with Gasteiger partial charge in [0.05, 0.1) is 5.69 Å². The van der Waals surface area contributed by atoms with Crippen molar-refractivity contribution in [2.75, 3.05) is 19.1 Å². The SMILES string of the molecule is COC(c1cccc(-c2cc(N(C)Cc3ccccc3)c3nonc3c2)c1)C(F)(F)F. The van der Waals surface area contributed by atoms with E-state index in [0.717, 1.165) is 18.4 Å². The van der Waals surface area contributed by atoms with E-state index < -0.39 is 12.3 Å². The summed E-state index contributed by atoms with van der Waals surface area (Å²) in [7, 11) is 2.97. The molecule has 0 bridgehead atoms. The highest BCUT2D eigenvalue weighted by atomic mass is 19.4. The Morgan fingerprint density at radius 1 is 0.968 bits per heavy atom. The van der Waals surface area contributed by atoms with Crippen LogP contribution in [0, 0.1) is 0 Å². The van der Waals surface area contributed by atoms with Crippen LogP contribution in [0.25, 0.3) is 22.2 Å². The van der Waals surface area contributed by atoms with Crippen molar-refractivity contribution in [3.8, 4) is 11.1 Å². The Bertz CT molecular complexity index is 1180. The first-order valence-corrected chi connectivity index (χ1v) is 9.58. The number of hydrogen-bond donors (Lipinski definition) is 0. The van der Waals surface area contributed by atoms with Gasteiger partial charge in [0, 0.05) is 20.7 Å². The Kier molecular flexibility index (Phi) is 5.65. The molecule has 0 aliphatic carbocycles. The molecule has 0 radical (unpaired) electrons. The van der Waals surface area contributed by atoms with E-state index in [0.29, 0.717) is 28.7 Å². The Morgan fingerprint density at radius 3 is 2.45 bits per heavy atom. The number of aromatic nitrogens is 2. The van der Waals surface area contributed by atoms with Crippen LogP contribution >= 0.6 is 0 Å². The summed E-state index contributed by atoms with van der Waals surface area (Å²) in [5.74, 6) is 0. The summed E-state index contributed by atoms with van der Waals surface area (Å²) in [4.78, 5) is 2.00. The van der Waals surface area contributed by atoms with Gasteiger partial charge in [-0.15, -0.1) is 0 Å². The summed E-state index contributed by atoms with van der Waals surface area (Å²) in [5.41, 5.74) is 4.34. The molecular weight excluding hydrogens is 407 g/mol. The molecule has 8 heteroatoms. The molecule has 0 aliphatic rings. The van der Waals surface area contributed by atoms with Gasteiger partial charge in [0.15, 0.2) is 11.6 Å². The lowest BCUT2D eigenvalue weighted by atomic mass is 9.99. The summed E-state index contributed by atoms with van der Waals surface area (Å²) < 4.78 is 49.6. The molecule has 1 aromatic heterocycles. The van der Waals surface area contributed by atoms with Crippen molar-refractivity contribution in [3.05, 3.63) is 77.9 Å². The van der Waals surface area contributed by atoms with Gasteiger partial charge in [0.25, 0.3) is 0 Å². The summed E-state index contributed by atoms with van der Waals surface area (Å²) in [6.07, 6.45) is -6.50. The Hall–Kier alpha value is -3.39. The van der Waals surface area contributed by atoms with Gasteiger partial charge in [-0.2, -0.15) is 13.2 Å². The average Bonchev–Trinajstić information content (AvgIpc) is 3.22. The van der Waals surface area contributed by atoms with Crippen LogP contribution in [0.5, 0.6) is 0 Å². The van der Waals surface area contributed by atoms with Crippen LogP contribution in [-0.2, 0) is 11.3 Å². The number of anilines is 1. The zero-order valence-corrected chi connectivity index (χ0v) is 16.9. The average molecular weight is 427 g/mol. The van der Waals surface area contributed by atoms with Crippen molar-refractivity contribution in [2.45, 2.75) is 18.8 Å². The number of nitrogens with zero attached hydrogens (tertiary/aromatic N) is 3. The molecule has 0 fully saturated rings. The Morgan fingerprint density at radius 2 is 1.74 bits per heavy atom. The molecule has 4 rings (SSSR count). The largest absolute Gasteiger partial charge is 0.418 e. The highest BCUT2D eigenvalue weighted by Gasteiger charge is 2.41. The molecule has 0 N–H and O–H groups in total. The predicted molar refractivity (Wildman–Crippen MR) is 112 cm³/mol. The normalized spacial score (nSPS) is 12.8. The first kappa shape index (κ1) is 20.9. The van der Waals surface area contributed by atoms with Crippen LogP contribution in [0.15, 0.2) is 71.4 Å². The van der Waals surface area contributed by atoms with E-state index >= 15 is 0 Å². The molecule has 4 aromatic rings. The molecule has 3 aromatic carbocycles. The maximum Gasteiger partial charge on any atom is 0.418 e. The molecule has 0 spiro atoms. The van der Waals surface area contributed by atoms with Crippen LogP contribution in [0.3, 0.4) is 0 Å². The van der Waals surface area contributed by atoms with Gasteiger partial charge in [-0.25, -0.2) is 4.63 Å². The molecule has 5 nitrogen and oxygen atoms in total. The van der Waals surface area contributed by atoms with Crippen molar-refractivity contribution in [3.63, 3.8) is 0 Å². The Labute approximate surface area is 177 Å². The molecule has 0 aliphatic heterocycles. The van der Waals surface area contributed by atoms with Crippen molar-refractivity contribution in [1.82, 2.24) is 10.3 Å². The van der Waals surface area contributed by atoms with E-state index in [9.17, 15) is 13.2 Å². The number of ether oxygens (including phenoxy) is 1. The van der Waals surface area contributed by atoms with E-state index in [1.165, 1.54) is 12.1 Å². The molecular formula is C23H20F3N3O2. The van der Waals surface area contributed by atoms with Crippen molar-refractivity contribution in [2.24, 2.45) is 0 Å². The molecule has 0 saturated carbocycles. The van der Waals surface area contributed by atoms with Crippen LogP contribution in [0.1, 0.15) is 17.2 Å². The van der Waals surface area contributed by atoms with Crippen LogP contribution in [-0.4, -0.2) is 30.6 Å². The summed E-state index contributed by atoms with van der Waals surface area (Å²) in [6.45, 7) is 0.617. The number of benzene rings is 3. The second kappa shape index (κ2) is 8.39. The third-order valence-corrected chi connectivity index (χ3v) is 5.07. The summed E-state index contributed by atoms with van der Waals surface area (Å²) in [5, 5.41) is 7.96. The van der Waals surface area contributed by atoms with E-state index in [4.69, 9.17) is 9.37 Å². The highest BCUT2D eigenvalue weighted by Crippen LogP contribution is 2.38. The van der Waals surface area contributed by atoms with Crippen molar-refractivity contribution >= 4 is 16.7 Å². The number of halogens is 3. The quantitative estimate of drug-likeness (QED) is 0.391. The zero-order chi connectivity index (χ0) is 22.0. The predicted octanol–water partition coefficient (Wildman–Crippen LogP) is 5.78. The standard InChI is InChI=1S/C23H20F3N3O2/c1-29(14-15-7-4-3-5-8-15)20-13-18(12-19-21(20)28-31-27-19)16-9-6-10-17(11-16)22(30-2)23(24,25)26/h3-13,22H,14H2,1-2H3. The van der Waals surface area contributed by atoms with Crippen LogP contribution < -0.4 is 4.90 Å². The minimum Gasteiger partial charge on any atom is -0.368 e. The molecule has 1 atom stereocenters. The summed E-state index contributed by atoms with van der Waals surface area (Å²) in [6, 6.07) is 19.8. The minimum atomic E-state index is -4.51. The fraction of sp³-hybridized carbons (Fsp3) is 0.217. The number of rotatable bonds is 6.